The fourth-order valence-corrected chi connectivity index (χ4v) is 1.93. The van der Waals surface area contributed by atoms with Crippen LogP contribution in [0.15, 0.2) is 42.2 Å². The number of benzene rings is 1. The van der Waals surface area contributed by atoms with Crippen LogP contribution in [0.4, 0.5) is 0 Å². The molecule has 1 aromatic carbocycles. The van der Waals surface area contributed by atoms with Crippen LogP contribution in [0.5, 0.6) is 5.75 Å². The Hall–Kier alpha value is -1.97. The van der Waals surface area contributed by atoms with E-state index in [0.717, 1.165) is 18.6 Å². The second-order valence-electron chi connectivity index (χ2n) is 4.96. The van der Waals surface area contributed by atoms with E-state index < -0.39 is 0 Å². The quantitative estimate of drug-likeness (QED) is 0.898. The van der Waals surface area contributed by atoms with Gasteiger partial charge in [0.2, 0.25) is 0 Å². The van der Waals surface area contributed by atoms with Crippen molar-refractivity contribution in [3.05, 3.63) is 42.2 Å². The van der Waals surface area contributed by atoms with Crippen LogP contribution in [0, 0.1) is 0 Å². The monoisotopic (exact) mass is 275 g/mol. The third-order valence-electron chi connectivity index (χ3n) is 3.29. The summed E-state index contributed by atoms with van der Waals surface area (Å²) in [6, 6.07) is 9.48. The summed E-state index contributed by atoms with van der Waals surface area (Å²) >= 11 is 0. The number of nitrogens with one attached hydrogen (secondary N) is 1. The van der Waals surface area contributed by atoms with Gasteiger partial charge >= 0.3 is 0 Å². The van der Waals surface area contributed by atoms with E-state index >= 15 is 0 Å². The predicted molar refractivity (Wildman–Crippen MR) is 77.4 cm³/mol. The summed E-state index contributed by atoms with van der Waals surface area (Å²) in [5.41, 5.74) is 0. The Balaban J connectivity index is 1.86. The zero-order valence-electron chi connectivity index (χ0n) is 12.0. The number of carbonyl (C=O) groups is 1. The molecule has 0 unspecified atom stereocenters. The van der Waals surface area contributed by atoms with Gasteiger partial charge in [-0.3, -0.25) is 4.79 Å². The topological polar surface area (TPSA) is 47.6 Å². The molecule has 4 nitrogen and oxygen atoms in total. The van der Waals surface area contributed by atoms with Crippen molar-refractivity contribution in [2.45, 2.75) is 38.8 Å². The minimum absolute atomic E-state index is 0.103. The van der Waals surface area contributed by atoms with Gasteiger partial charge in [0.05, 0.1) is 12.6 Å². The molecule has 0 aromatic heterocycles. The minimum atomic E-state index is -0.166. The molecule has 1 amide bonds. The van der Waals surface area contributed by atoms with Gasteiger partial charge in [0.25, 0.3) is 5.91 Å². The summed E-state index contributed by atoms with van der Waals surface area (Å²) in [5, 5.41) is 2.91. The smallest absolute Gasteiger partial charge is 0.286 e. The highest BCUT2D eigenvalue weighted by atomic mass is 16.5. The molecule has 0 spiro atoms. The van der Waals surface area contributed by atoms with Crippen molar-refractivity contribution in [2.75, 3.05) is 6.61 Å². The van der Waals surface area contributed by atoms with Crippen molar-refractivity contribution in [1.29, 1.82) is 0 Å². The number of rotatable bonds is 5. The first-order chi connectivity index (χ1) is 9.66. The highest BCUT2D eigenvalue weighted by Gasteiger charge is 2.20. The Labute approximate surface area is 119 Å². The fraction of sp³-hybridized carbons (Fsp3) is 0.438. The summed E-state index contributed by atoms with van der Waals surface area (Å²) in [6.45, 7) is 4.48. The van der Waals surface area contributed by atoms with E-state index in [2.05, 4.69) is 5.32 Å². The molecule has 0 fully saturated rings. The van der Waals surface area contributed by atoms with Gasteiger partial charge in [-0.1, -0.05) is 18.2 Å². The fourth-order valence-electron chi connectivity index (χ4n) is 1.93. The molecule has 108 valence electrons. The highest BCUT2D eigenvalue weighted by molar-refractivity contribution is 5.91. The first kappa shape index (κ1) is 14.4. The van der Waals surface area contributed by atoms with Crippen LogP contribution in [-0.2, 0) is 9.53 Å². The van der Waals surface area contributed by atoms with E-state index in [4.69, 9.17) is 9.47 Å². The third kappa shape index (κ3) is 4.02. The molecule has 2 atom stereocenters. The lowest BCUT2D eigenvalue weighted by Gasteiger charge is -2.23. The van der Waals surface area contributed by atoms with Crippen molar-refractivity contribution in [1.82, 2.24) is 5.32 Å². The van der Waals surface area contributed by atoms with Gasteiger partial charge in [-0.05, 0) is 44.9 Å². The van der Waals surface area contributed by atoms with Crippen molar-refractivity contribution in [3.8, 4) is 5.75 Å². The maximum absolute atomic E-state index is 12.0. The van der Waals surface area contributed by atoms with Crippen molar-refractivity contribution in [2.24, 2.45) is 0 Å². The molecule has 0 saturated carbocycles. The Morgan fingerprint density at radius 1 is 1.30 bits per heavy atom. The molecule has 1 N–H and O–H groups in total. The standard InChI is InChI=1S/C16H21NO3/c1-12(13(2)20-14-8-4-3-5-9-14)17-16(18)15-10-6-7-11-19-15/h3-5,8-10,12-13H,6-7,11H2,1-2H3,(H,17,18)/t12-,13-/m1/s1. The molecule has 20 heavy (non-hydrogen) atoms. The molecular weight excluding hydrogens is 254 g/mol. The zero-order valence-corrected chi connectivity index (χ0v) is 12.0. The maximum Gasteiger partial charge on any atom is 0.286 e. The number of ether oxygens (including phenoxy) is 2. The van der Waals surface area contributed by atoms with Gasteiger partial charge in [0.15, 0.2) is 5.76 Å². The van der Waals surface area contributed by atoms with Crippen LogP contribution >= 0.6 is 0 Å². The van der Waals surface area contributed by atoms with Crippen LogP contribution in [0.3, 0.4) is 0 Å². The summed E-state index contributed by atoms with van der Waals surface area (Å²) in [6.07, 6.45) is 3.59. The summed E-state index contributed by atoms with van der Waals surface area (Å²) in [4.78, 5) is 12.0. The number of hydrogen-bond acceptors (Lipinski definition) is 3. The number of amides is 1. The van der Waals surface area contributed by atoms with Crippen LogP contribution in [0.1, 0.15) is 26.7 Å². The Kier molecular flexibility index (Phi) is 5.04. The average molecular weight is 275 g/mol. The van der Waals surface area contributed by atoms with Crippen molar-refractivity contribution < 1.29 is 14.3 Å². The molecule has 0 aliphatic carbocycles. The van der Waals surface area contributed by atoms with Gasteiger partial charge in [0.1, 0.15) is 11.9 Å². The SMILES string of the molecule is C[C@@H](NC(=O)C1=CCCCO1)[C@@H](C)Oc1ccccc1. The first-order valence-corrected chi connectivity index (χ1v) is 7.02. The van der Waals surface area contributed by atoms with E-state index in [-0.39, 0.29) is 18.1 Å². The number of carbonyl (C=O) groups excluding carboxylic acids is 1. The van der Waals surface area contributed by atoms with Crippen LogP contribution in [0.25, 0.3) is 0 Å². The normalized spacial score (nSPS) is 17.4. The molecular formula is C16H21NO3. The number of hydrogen-bond donors (Lipinski definition) is 1. The Morgan fingerprint density at radius 3 is 2.70 bits per heavy atom. The maximum atomic E-state index is 12.0. The van der Waals surface area contributed by atoms with Crippen LogP contribution in [-0.4, -0.2) is 24.7 Å². The van der Waals surface area contributed by atoms with Gasteiger partial charge < -0.3 is 14.8 Å². The summed E-state index contributed by atoms with van der Waals surface area (Å²) < 4.78 is 11.1. The highest BCUT2D eigenvalue weighted by Crippen LogP contribution is 2.14. The second-order valence-corrected chi connectivity index (χ2v) is 4.96. The minimum Gasteiger partial charge on any atom is -0.489 e. The van der Waals surface area contributed by atoms with Crippen molar-refractivity contribution >= 4 is 5.91 Å². The van der Waals surface area contributed by atoms with E-state index in [1.54, 1.807) is 0 Å². The molecule has 1 aliphatic rings. The van der Waals surface area contributed by atoms with E-state index in [1.807, 2.05) is 50.3 Å². The molecule has 1 aliphatic heterocycles. The lowest BCUT2D eigenvalue weighted by molar-refractivity contribution is -0.122. The van der Waals surface area contributed by atoms with Gasteiger partial charge in [-0.15, -0.1) is 0 Å². The molecule has 4 heteroatoms. The number of allylic oxidation sites excluding steroid dienone is 1. The predicted octanol–water partition coefficient (Wildman–Crippen LogP) is 2.65. The third-order valence-corrected chi connectivity index (χ3v) is 3.29. The molecule has 0 bridgehead atoms. The van der Waals surface area contributed by atoms with Gasteiger partial charge in [-0.25, -0.2) is 0 Å². The lowest BCUT2D eigenvalue weighted by atomic mass is 10.2. The largest absolute Gasteiger partial charge is 0.489 e. The Morgan fingerprint density at radius 2 is 2.05 bits per heavy atom. The molecule has 2 rings (SSSR count). The van der Waals surface area contributed by atoms with Crippen molar-refractivity contribution in [3.63, 3.8) is 0 Å². The van der Waals surface area contributed by atoms with E-state index in [9.17, 15) is 4.79 Å². The summed E-state index contributed by atoms with van der Waals surface area (Å²) in [5.74, 6) is 1.06. The molecule has 0 radical (unpaired) electrons. The zero-order chi connectivity index (χ0) is 14.4. The molecule has 1 aromatic rings. The van der Waals surface area contributed by atoms with Gasteiger partial charge in [-0.2, -0.15) is 0 Å². The van der Waals surface area contributed by atoms with Gasteiger partial charge in [0, 0.05) is 0 Å². The second kappa shape index (κ2) is 6.98. The molecule has 1 heterocycles. The van der Waals surface area contributed by atoms with E-state index in [1.165, 1.54) is 0 Å². The van der Waals surface area contributed by atoms with Crippen LogP contribution in [0.2, 0.25) is 0 Å². The van der Waals surface area contributed by atoms with E-state index in [0.29, 0.717) is 12.4 Å². The first-order valence-electron chi connectivity index (χ1n) is 7.02. The number of para-hydroxylation sites is 1. The lowest BCUT2D eigenvalue weighted by Crippen LogP contribution is -2.43. The average Bonchev–Trinajstić information content (AvgIpc) is 2.49. The Bertz CT molecular complexity index is 470. The summed E-state index contributed by atoms with van der Waals surface area (Å²) in [7, 11) is 0. The molecule has 0 saturated heterocycles. The van der Waals surface area contributed by atoms with Crippen LogP contribution < -0.4 is 10.1 Å².